The molecule has 0 saturated carbocycles. The van der Waals surface area contributed by atoms with Crippen LogP contribution in [-0.2, 0) is 14.5 Å². The van der Waals surface area contributed by atoms with Gasteiger partial charge in [0.1, 0.15) is 5.82 Å². The van der Waals surface area contributed by atoms with Crippen LogP contribution >= 0.6 is 0 Å². The standard InChI is InChI=1S/C10H10BN2O3/c1-2-10(14)13-9-4-3-7(5-12-9)8-6-15-16-11-8/h2-5,8H,1,6H2,(H,12,13,14). The first-order chi connectivity index (χ1) is 7.79. The van der Waals surface area contributed by atoms with Crippen molar-refractivity contribution in [3.8, 4) is 0 Å². The molecule has 1 fully saturated rings. The van der Waals surface area contributed by atoms with Crippen LogP contribution in [0.2, 0.25) is 0 Å². The Labute approximate surface area is 93.7 Å². The fourth-order valence-electron chi connectivity index (χ4n) is 1.31. The topological polar surface area (TPSA) is 60.5 Å². The molecule has 1 saturated heterocycles. The van der Waals surface area contributed by atoms with Crippen LogP contribution in [-0.4, -0.2) is 25.0 Å². The van der Waals surface area contributed by atoms with Gasteiger partial charge in [0, 0.05) is 12.0 Å². The second-order valence-corrected chi connectivity index (χ2v) is 3.29. The molecule has 2 heterocycles. The van der Waals surface area contributed by atoms with Gasteiger partial charge in [0.15, 0.2) is 0 Å². The van der Waals surface area contributed by atoms with Gasteiger partial charge in [-0.2, -0.15) is 0 Å². The van der Waals surface area contributed by atoms with E-state index in [1.165, 1.54) is 6.08 Å². The molecule has 2 rings (SSSR count). The SMILES string of the molecule is C=CC(=O)Nc1ccc(C2[B]OOC2)cn1. The molecule has 0 aromatic carbocycles. The Bertz CT molecular complexity index is 388. The number of pyridine rings is 1. The predicted octanol–water partition coefficient (Wildman–Crippen LogP) is 0.828. The average Bonchev–Trinajstić information content (AvgIpc) is 2.83. The van der Waals surface area contributed by atoms with E-state index in [1.807, 2.05) is 6.07 Å². The minimum Gasteiger partial charge on any atom is -0.310 e. The molecule has 1 N–H and O–H groups in total. The lowest BCUT2D eigenvalue weighted by molar-refractivity contribution is -0.183. The summed E-state index contributed by atoms with van der Waals surface area (Å²) in [7, 11) is 1.61. The van der Waals surface area contributed by atoms with Gasteiger partial charge in [0.25, 0.3) is 0 Å². The van der Waals surface area contributed by atoms with Gasteiger partial charge in [-0.15, -0.1) is 0 Å². The highest BCUT2D eigenvalue weighted by atomic mass is 17.2. The van der Waals surface area contributed by atoms with Gasteiger partial charge in [0.2, 0.25) is 5.91 Å². The molecular weight excluding hydrogens is 207 g/mol. The van der Waals surface area contributed by atoms with Crippen molar-refractivity contribution in [2.45, 2.75) is 5.82 Å². The number of amides is 1. The van der Waals surface area contributed by atoms with Gasteiger partial charge in [-0.3, -0.25) is 9.68 Å². The quantitative estimate of drug-likeness (QED) is 0.462. The third kappa shape index (κ3) is 2.47. The van der Waals surface area contributed by atoms with Crippen molar-refractivity contribution in [2.24, 2.45) is 0 Å². The second-order valence-electron chi connectivity index (χ2n) is 3.29. The fourth-order valence-corrected chi connectivity index (χ4v) is 1.31. The zero-order valence-corrected chi connectivity index (χ0v) is 8.55. The van der Waals surface area contributed by atoms with Crippen LogP contribution in [0.5, 0.6) is 0 Å². The molecule has 6 heteroatoms. The molecule has 0 bridgehead atoms. The summed E-state index contributed by atoms with van der Waals surface area (Å²) in [6, 6.07) is 3.59. The molecule has 1 amide bonds. The molecule has 0 aliphatic carbocycles. The maximum Gasteiger partial charge on any atom is 0.354 e. The minimum atomic E-state index is -0.278. The smallest absolute Gasteiger partial charge is 0.310 e. The summed E-state index contributed by atoms with van der Waals surface area (Å²) < 4.78 is 0. The van der Waals surface area contributed by atoms with Crippen LogP contribution in [0.15, 0.2) is 31.0 Å². The maximum atomic E-state index is 11.0. The summed E-state index contributed by atoms with van der Waals surface area (Å²) in [6.07, 6.45) is 2.87. The fraction of sp³-hybridized carbons (Fsp3) is 0.200. The molecule has 1 atom stereocenters. The Morgan fingerprint density at radius 1 is 1.69 bits per heavy atom. The van der Waals surface area contributed by atoms with Crippen molar-refractivity contribution in [1.29, 1.82) is 0 Å². The maximum absolute atomic E-state index is 11.0. The number of nitrogens with zero attached hydrogens (tertiary/aromatic N) is 1. The summed E-state index contributed by atoms with van der Waals surface area (Å²) >= 11 is 0. The lowest BCUT2D eigenvalue weighted by Gasteiger charge is -2.06. The Kier molecular flexibility index (Phi) is 3.33. The lowest BCUT2D eigenvalue weighted by atomic mass is 9.77. The van der Waals surface area contributed by atoms with Crippen LogP contribution in [0.1, 0.15) is 11.4 Å². The molecule has 1 aromatic heterocycles. The van der Waals surface area contributed by atoms with Crippen molar-refractivity contribution in [3.05, 3.63) is 36.5 Å². The van der Waals surface area contributed by atoms with E-state index in [1.54, 1.807) is 19.7 Å². The average molecular weight is 217 g/mol. The lowest BCUT2D eigenvalue weighted by Crippen LogP contribution is -2.10. The predicted molar refractivity (Wildman–Crippen MR) is 58.6 cm³/mol. The van der Waals surface area contributed by atoms with E-state index in [-0.39, 0.29) is 11.7 Å². The summed E-state index contributed by atoms with van der Waals surface area (Å²) in [5.74, 6) is 0.310. The number of carbonyl (C=O) groups excluding carboxylic acids is 1. The van der Waals surface area contributed by atoms with Crippen molar-refractivity contribution < 1.29 is 14.5 Å². The molecular formula is C10H10BN2O3. The number of nitrogens with one attached hydrogen (secondary N) is 1. The van der Waals surface area contributed by atoms with E-state index in [0.29, 0.717) is 12.4 Å². The van der Waals surface area contributed by atoms with Crippen molar-refractivity contribution in [3.63, 3.8) is 0 Å². The van der Waals surface area contributed by atoms with Gasteiger partial charge < -0.3 is 10.1 Å². The summed E-state index contributed by atoms with van der Waals surface area (Å²) in [6.45, 7) is 3.85. The molecule has 81 valence electrons. The third-order valence-corrected chi connectivity index (χ3v) is 2.19. The third-order valence-electron chi connectivity index (χ3n) is 2.19. The largest absolute Gasteiger partial charge is 0.354 e. The molecule has 0 spiro atoms. The normalized spacial score (nSPS) is 18.9. The highest BCUT2D eigenvalue weighted by molar-refractivity contribution is 6.30. The summed E-state index contributed by atoms with van der Waals surface area (Å²) in [5, 5.41) is 2.57. The summed E-state index contributed by atoms with van der Waals surface area (Å²) in [5.41, 5.74) is 0.981. The molecule has 16 heavy (non-hydrogen) atoms. The number of rotatable bonds is 3. The van der Waals surface area contributed by atoms with E-state index < -0.39 is 0 Å². The van der Waals surface area contributed by atoms with Gasteiger partial charge in [-0.1, -0.05) is 12.6 Å². The minimum absolute atomic E-state index is 0.0941. The Morgan fingerprint density at radius 2 is 2.56 bits per heavy atom. The van der Waals surface area contributed by atoms with Crippen LogP contribution in [0.4, 0.5) is 5.82 Å². The van der Waals surface area contributed by atoms with Crippen molar-refractivity contribution in [2.75, 3.05) is 11.9 Å². The molecule has 1 unspecified atom stereocenters. The summed E-state index contributed by atoms with van der Waals surface area (Å²) in [4.78, 5) is 24.6. The van der Waals surface area contributed by atoms with E-state index in [9.17, 15) is 4.79 Å². The van der Waals surface area contributed by atoms with E-state index in [4.69, 9.17) is 4.89 Å². The Hall–Kier alpha value is -1.66. The number of carbonyl (C=O) groups is 1. The number of anilines is 1. The highest BCUT2D eigenvalue weighted by Gasteiger charge is 2.22. The Morgan fingerprint density at radius 3 is 3.12 bits per heavy atom. The van der Waals surface area contributed by atoms with E-state index in [0.717, 1.165) is 5.56 Å². The first kappa shape index (κ1) is 10.8. The van der Waals surface area contributed by atoms with Crippen LogP contribution in [0, 0.1) is 0 Å². The molecule has 5 nitrogen and oxygen atoms in total. The van der Waals surface area contributed by atoms with E-state index in [2.05, 4.69) is 21.7 Å². The van der Waals surface area contributed by atoms with E-state index >= 15 is 0 Å². The first-order valence-electron chi connectivity index (χ1n) is 4.80. The molecule has 1 aliphatic rings. The van der Waals surface area contributed by atoms with Gasteiger partial charge in [-0.05, 0) is 17.7 Å². The van der Waals surface area contributed by atoms with Crippen molar-refractivity contribution in [1.82, 2.24) is 4.98 Å². The highest BCUT2D eigenvalue weighted by Crippen LogP contribution is 2.20. The van der Waals surface area contributed by atoms with Crippen LogP contribution in [0.25, 0.3) is 0 Å². The molecule has 1 aliphatic heterocycles. The monoisotopic (exact) mass is 217 g/mol. The molecule has 1 radical (unpaired) electrons. The Balaban J connectivity index is 2.03. The van der Waals surface area contributed by atoms with Gasteiger partial charge >= 0.3 is 7.48 Å². The zero-order valence-electron chi connectivity index (χ0n) is 8.55. The van der Waals surface area contributed by atoms with Crippen molar-refractivity contribution >= 4 is 19.2 Å². The first-order valence-corrected chi connectivity index (χ1v) is 4.80. The van der Waals surface area contributed by atoms with Gasteiger partial charge in [-0.25, -0.2) is 4.98 Å². The number of hydrogen-bond acceptors (Lipinski definition) is 4. The van der Waals surface area contributed by atoms with Gasteiger partial charge in [0.05, 0.1) is 6.61 Å². The van der Waals surface area contributed by atoms with Crippen LogP contribution < -0.4 is 5.32 Å². The molecule has 1 aromatic rings. The number of aromatic nitrogens is 1. The van der Waals surface area contributed by atoms with Crippen LogP contribution in [0.3, 0.4) is 0 Å². The second kappa shape index (κ2) is 4.91. The zero-order chi connectivity index (χ0) is 11.4. The number of hydrogen-bond donors (Lipinski definition) is 1.